The van der Waals surface area contributed by atoms with Crippen LogP contribution in [0.2, 0.25) is 0 Å². The first-order valence-corrected chi connectivity index (χ1v) is 6.87. The molecule has 0 fully saturated rings. The average molecular weight is 290 g/mol. The summed E-state index contributed by atoms with van der Waals surface area (Å²) in [5.74, 6) is 0.690. The van der Waals surface area contributed by atoms with Crippen molar-refractivity contribution >= 4 is 11.6 Å². The fraction of sp³-hybridized carbons (Fsp3) is 0. The molecule has 4 nitrogen and oxygen atoms in total. The third-order valence-electron chi connectivity index (χ3n) is 3.02. The molecule has 0 aliphatic carbocycles. The maximum Gasteiger partial charge on any atom is 0.259 e. The van der Waals surface area contributed by atoms with E-state index in [4.69, 9.17) is 4.74 Å². The molecule has 1 heterocycles. The van der Waals surface area contributed by atoms with Crippen LogP contribution in [0.15, 0.2) is 79.0 Å². The normalized spacial score (nSPS) is 10.0. The first-order chi connectivity index (χ1) is 10.8. The smallest absolute Gasteiger partial charge is 0.259 e. The van der Waals surface area contributed by atoms with Crippen molar-refractivity contribution in [2.24, 2.45) is 0 Å². The summed E-state index contributed by atoms with van der Waals surface area (Å²) in [7, 11) is 0. The monoisotopic (exact) mass is 290 g/mol. The highest BCUT2D eigenvalue weighted by atomic mass is 16.5. The van der Waals surface area contributed by atoms with E-state index in [1.165, 1.54) is 0 Å². The van der Waals surface area contributed by atoms with Gasteiger partial charge in [0, 0.05) is 18.0 Å². The van der Waals surface area contributed by atoms with Crippen LogP contribution < -0.4 is 10.1 Å². The molecule has 2 aromatic carbocycles. The van der Waals surface area contributed by atoms with Crippen molar-refractivity contribution in [3.05, 3.63) is 84.6 Å². The number of amides is 1. The van der Waals surface area contributed by atoms with Crippen molar-refractivity contribution in [3.63, 3.8) is 0 Å². The zero-order valence-corrected chi connectivity index (χ0v) is 11.8. The second-order valence-corrected chi connectivity index (χ2v) is 4.59. The average Bonchev–Trinajstić information content (AvgIpc) is 2.57. The third kappa shape index (κ3) is 3.30. The van der Waals surface area contributed by atoms with Gasteiger partial charge in [-0.05, 0) is 30.3 Å². The number of benzene rings is 2. The lowest BCUT2D eigenvalue weighted by atomic mass is 10.2. The molecule has 0 spiro atoms. The van der Waals surface area contributed by atoms with Crippen LogP contribution in [0.4, 0.5) is 5.69 Å². The molecule has 1 N–H and O–H groups in total. The van der Waals surface area contributed by atoms with Crippen molar-refractivity contribution in [2.75, 3.05) is 5.32 Å². The van der Waals surface area contributed by atoms with Gasteiger partial charge < -0.3 is 10.1 Å². The minimum atomic E-state index is -0.224. The van der Waals surface area contributed by atoms with Gasteiger partial charge in [0.2, 0.25) is 5.88 Å². The Kier molecular flexibility index (Phi) is 4.11. The van der Waals surface area contributed by atoms with E-state index in [2.05, 4.69) is 10.3 Å². The Morgan fingerprint density at radius 3 is 2.36 bits per heavy atom. The number of rotatable bonds is 4. The summed E-state index contributed by atoms with van der Waals surface area (Å²) in [6.07, 6.45) is 1.64. The van der Waals surface area contributed by atoms with Crippen LogP contribution in [0, 0.1) is 0 Å². The van der Waals surface area contributed by atoms with Gasteiger partial charge in [0.05, 0.1) is 5.56 Å². The van der Waals surface area contributed by atoms with E-state index in [0.29, 0.717) is 17.2 Å². The Bertz CT molecular complexity index is 758. The van der Waals surface area contributed by atoms with E-state index < -0.39 is 0 Å². The molecule has 4 heteroatoms. The largest absolute Gasteiger partial charge is 0.438 e. The predicted octanol–water partition coefficient (Wildman–Crippen LogP) is 4.13. The van der Waals surface area contributed by atoms with Crippen molar-refractivity contribution in [1.82, 2.24) is 4.98 Å². The highest BCUT2D eigenvalue weighted by Crippen LogP contribution is 2.24. The van der Waals surface area contributed by atoms with Gasteiger partial charge in [-0.15, -0.1) is 0 Å². The molecule has 0 saturated carbocycles. The summed E-state index contributed by atoms with van der Waals surface area (Å²) in [5.41, 5.74) is 1.19. The van der Waals surface area contributed by atoms with Gasteiger partial charge in [-0.3, -0.25) is 4.79 Å². The summed E-state index contributed by atoms with van der Waals surface area (Å²) in [6, 6.07) is 21.8. The Balaban J connectivity index is 1.83. The molecule has 3 rings (SSSR count). The van der Waals surface area contributed by atoms with Gasteiger partial charge in [0.1, 0.15) is 5.75 Å². The standard InChI is InChI=1S/C18H14N2O2/c21-18(20-14-8-2-1-3-9-14)15-10-4-5-11-16(15)22-17-12-6-7-13-19-17/h1-13H,(H,20,21). The van der Waals surface area contributed by atoms with E-state index in [1.807, 2.05) is 42.5 Å². The van der Waals surface area contributed by atoms with Crippen molar-refractivity contribution in [1.29, 1.82) is 0 Å². The molecule has 0 unspecified atom stereocenters. The minimum absolute atomic E-state index is 0.224. The van der Waals surface area contributed by atoms with E-state index in [9.17, 15) is 4.79 Å². The number of carbonyl (C=O) groups excluding carboxylic acids is 1. The van der Waals surface area contributed by atoms with E-state index >= 15 is 0 Å². The van der Waals surface area contributed by atoms with Gasteiger partial charge in [0.15, 0.2) is 0 Å². The molecule has 0 radical (unpaired) electrons. The van der Waals surface area contributed by atoms with Gasteiger partial charge >= 0.3 is 0 Å². The SMILES string of the molecule is O=C(Nc1ccccc1)c1ccccc1Oc1ccccn1. The molecular formula is C18H14N2O2. The van der Waals surface area contributed by atoms with Crippen LogP contribution in [0.1, 0.15) is 10.4 Å². The summed E-state index contributed by atoms with van der Waals surface area (Å²) in [6.45, 7) is 0. The molecule has 0 saturated heterocycles. The van der Waals surface area contributed by atoms with Crippen LogP contribution >= 0.6 is 0 Å². The van der Waals surface area contributed by atoms with Crippen LogP contribution in [0.3, 0.4) is 0 Å². The quantitative estimate of drug-likeness (QED) is 0.786. The molecule has 108 valence electrons. The zero-order valence-electron chi connectivity index (χ0n) is 11.8. The molecular weight excluding hydrogens is 276 g/mol. The number of para-hydroxylation sites is 2. The van der Waals surface area contributed by atoms with Crippen LogP contribution in [0.25, 0.3) is 0 Å². The fourth-order valence-electron chi connectivity index (χ4n) is 1.98. The lowest BCUT2D eigenvalue weighted by Gasteiger charge is -2.10. The molecule has 22 heavy (non-hydrogen) atoms. The van der Waals surface area contributed by atoms with Crippen molar-refractivity contribution in [3.8, 4) is 11.6 Å². The second-order valence-electron chi connectivity index (χ2n) is 4.59. The number of nitrogens with zero attached hydrogens (tertiary/aromatic N) is 1. The number of anilines is 1. The number of aromatic nitrogens is 1. The van der Waals surface area contributed by atoms with Crippen LogP contribution in [-0.2, 0) is 0 Å². The predicted molar refractivity (Wildman–Crippen MR) is 85.1 cm³/mol. The lowest BCUT2D eigenvalue weighted by molar-refractivity contribution is 0.102. The summed E-state index contributed by atoms with van der Waals surface area (Å²) in [5, 5.41) is 2.85. The lowest BCUT2D eigenvalue weighted by Crippen LogP contribution is -2.12. The third-order valence-corrected chi connectivity index (χ3v) is 3.02. The maximum atomic E-state index is 12.4. The van der Waals surface area contributed by atoms with E-state index in [-0.39, 0.29) is 5.91 Å². The van der Waals surface area contributed by atoms with Gasteiger partial charge in [-0.1, -0.05) is 36.4 Å². The summed E-state index contributed by atoms with van der Waals surface area (Å²) >= 11 is 0. The topological polar surface area (TPSA) is 51.2 Å². The van der Waals surface area contributed by atoms with Crippen molar-refractivity contribution in [2.45, 2.75) is 0 Å². The molecule has 3 aromatic rings. The van der Waals surface area contributed by atoms with Gasteiger partial charge in [-0.25, -0.2) is 4.98 Å². The molecule has 0 aliphatic heterocycles. The van der Waals surface area contributed by atoms with Gasteiger partial charge in [0.25, 0.3) is 5.91 Å². The highest BCUT2D eigenvalue weighted by molar-refractivity contribution is 6.06. The number of pyridine rings is 1. The zero-order chi connectivity index (χ0) is 15.2. The second kappa shape index (κ2) is 6.54. The number of carbonyl (C=O) groups is 1. The van der Waals surface area contributed by atoms with E-state index in [1.54, 1.807) is 36.5 Å². The molecule has 0 atom stereocenters. The van der Waals surface area contributed by atoms with Crippen molar-refractivity contribution < 1.29 is 9.53 Å². The summed E-state index contributed by atoms with van der Waals surface area (Å²) in [4.78, 5) is 16.5. The Morgan fingerprint density at radius 1 is 0.864 bits per heavy atom. The fourth-order valence-corrected chi connectivity index (χ4v) is 1.98. The maximum absolute atomic E-state index is 12.4. The van der Waals surface area contributed by atoms with Crippen LogP contribution in [0.5, 0.6) is 11.6 Å². The molecule has 0 bridgehead atoms. The highest BCUT2D eigenvalue weighted by Gasteiger charge is 2.13. The Morgan fingerprint density at radius 2 is 1.59 bits per heavy atom. The number of ether oxygens (including phenoxy) is 1. The molecule has 1 amide bonds. The molecule has 1 aromatic heterocycles. The Labute approximate surface area is 128 Å². The number of hydrogen-bond donors (Lipinski definition) is 1. The summed E-state index contributed by atoms with van der Waals surface area (Å²) < 4.78 is 5.70. The minimum Gasteiger partial charge on any atom is -0.438 e. The Hall–Kier alpha value is -3.14. The van der Waals surface area contributed by atoms with Crippen LogP contribution in [-0.4, -0.2) is 10.9 Å². The first kappa shape index (κ1) is 13.8. The molecule has 0 aliphatic rings. The first-order valence-electron chi connectivity index (χ1n) is 6.87. The number of hydrogen-bond acceptors (Lipinski definition) is 3. The number of nitrogens with one attached hydrogen (secondary N) is 1. The van der Waals surface area contributed by atoms with Gasteiger partial charge in [-0.2, -0.15) is 0 Å². The van der Waals surface area contributed by atoms with E-state index in [0.717, 1.165) is 5.69 Å².